The van der Waals surface area contributed by atoms with E-state index in [4.69, 9.17) is 4.74 Å². The van der Waals surface area contributed by atoms with Crippen molar-refractivity contribution in [3.63, 3.8) is 0 Å². The molecule has 0 atom stereocenters. The molecule has 0 radical (unpaired) electrons. The van der Waals surface area contributed by atoms with Crippen LogP contribution in [0, 0.1) is 6.92 Å². The van der Waals surface area contributed by atoms with E-state index < -0.39 is 0 Å². The molecule has 0 aliphatic rings. The highest BCUT2D eigenvalue weighted by molar-refractivity contribution is 6.06. The molecule has 2 aromatic rings. The van der Waals surface area contributed by atoms with Gasteiger partial charge in [0.25, 0.3) is 5.91 Å². The molecule has 0 spiro atoms. The lowest BCUT2D eigenvalue weighted by atomic mass is 10.1. The van der Waals surface area contributed by atoms with Crippen LogP contribution in [-0.4, -0.2) is 13.0 Å². The zero-order valence-electron chi connectivity index (χ0n) is 12.1. The summed E-state index contributed by atoms with van der Waals surface area (Å²) in [7, 11) is 1.61. The molecule has 0 saturated carbocycles. The number of aryl methyl sites for hydroxylation is 2. The minimum atomic E-state index is -0.120. The summed E-state index contributed by atoms with van der Waals surface area (Å²) < 4.78 is 5.34. The fourth-order valence-electron chi connectivity index (χ4n) is 2.08. The molecule has 0 aromatic heterocycles. The lowest BCUT2D eigenvalue weighted by Gasteiger charge is -2.12. The Morgan fingerprint density at radius 3 is 2.60 bits per heavy atom. The van der Waals surface area contributed by atoms with Crippen LogP contribution in [0.1, 0.15) is 28.4 Å². The van der Waals surface area contributed by atoms with Gasteiger partial charge < -0.3 is 10.1 Å². The predicted octanol–water partition coefficient (Wildman–Crippen LogP) is 3.82. The maximum Gasteiger partial charge on any atom is 0.256 e. The number of carbonyl (C=O) groups is 1. The smallest absolute Gasteiger partial charge is 0.256 e. The molecule has 2 aromatic carbocycles. The third-order valence-corrected chi connectivity index (χ3v) is 3.31. The molecule has 0 unspecified atom stereocenters. The quantitative estimate of drug-likeness (QED) is 0.916. The zero-order valence-corrected chi connectivity index (χ0v) is 12.1. The Kier molecular flexibility index (Phi) is 4.41. The summed E-state index contributed by atoms with van der Waals surface area (Å²) in [5.74, 6) is 0.567. The second-order valence-electron chi connectivity index (χ2n) is 4.66. The number of rotatable bonds is 4. The van der Waals surface area contributed by atoms with Crippen LogP contribution in [0.2, 0.25) is 0 Å². The summed E-state index contributed by atoms with van der Waals surface area (Å²) in [4.78, 5) is 12.3. The Balaban J connectivity index is 2.26. The minimum absolute atomic E-state index is 0.120. The van der Waals surface area contributed by atoms with Crippen molar-refractivity contribution in [3.05, 3.63) is 59.2 Å². The molecule has 0 aliphatic heterocycles. The molecule has 1 N–H and O–H groups in total. The Bertz CT molecular complexity index is 620. The Morgan fingerprint density at radius 1 is 1.20 bits per heavy atom. The van der Waals surface area contributed by atoms with Gasteiger partial charge in [0, 0.05) is 5.56 Å². The van der Waals surface area contributed by atoms with E-state index in [1.807, 2.05) is 49.4 Å². The Hall–Kier alpha value is -2.29. The average Bonchev–Trinajstić information content (AvgIpc) is 2.48. The van der Waals surface area contributed by atoms with Crippen molar-refractivity contribution in [2.75, 3.05) is 12.4 Å². The highest BCUT2D eigenvalue weighted by atomic mass is 16.5. The molecule has 0 heterocycles. The topological polar surface area (TPSA) is 38.3 Å². The predicted molar refractivity (Wildman–Crippen MR) is 81.5 cm³/mol. The van der Waals surface area contributed by atoms with Gasteiger partial charge in [0.2, 0.25) is 0 Å². The number of amides is 1. The standard InChI is InChI=1S/C17H19NO2/c1-4-13-9-10-15(16(11-13)20-3)18-17(19)14-8-6-5-7-12(14)2/h5-11H,4H2,1-3H3,(H,18,19). The molecular weight excluding hydrogens is 250 g/mol. The van der Waals surface area contributed by atoms with Crippen molar-refractivity contribution in [2.24, 2.45) is 0 Å². The van der Waals surface area contributed by atoms with Gasteiger partial charge in [-0.2, -0.15) is 0 Å². The van der Waals surface area contributed by atoms with Crippen LogP contribution in [0.5, 0.6) is 5.75 Å². The summed E-state index contributed by atoms with van der Waals surface area (Å²) in [6, 6.07) is 13.4. The van der Waals surface area contributed by atoms with E-state index >= 15 is 0 Å². The van der Waals surface area contributed by atoms with Crippen LogP contribution in [0.15, 0.2) is 42.5 Å². The lowest BCUT2D eigenvalue weighted by Crippen LogP contribution is -2.14. The largest absolute Gasteiger partial charge is 0.495 e. The number of hydrogen-bond acceptors (Lipinski definition) is 2. The lowest BCUT2D eigenvalue weighted by molar-refractivity contribution is 0.102. The van der Waals surface area contributed by atoms with Gasteiger partial charge in [-0.1, -0.05) is 31.2 Å². The number of anilines is 1. The van der Waals surface area contributed by atoms with Crippen molar-refractivity contribution in [1.82, 2.24) is 0 Å². The van der Waals surface area contributed by atoms with Gasteiger partial charge in [-0.05, 0) is 42.7 Å². The zero-order chi connectivity index (χ0) is 14.5. The highest BCUT2D eigenvalue weighted by Crippen LogP contribution is 2.26. The van der Waals surface area contributed by atoms with Crippen LogP contribution in [0.25, 0.3) is 0 Å². The first kappa shape index (κ1) is 14.1. The van der Waals surface area contributed by atoms with Crippen LogP contribution in [0.4, 0.5) is 5.69 Å². The van der Waals surface area contributed by atoms with Crippen LogP contribution in [0.3, 0.4) is 0 Å². The van der Waals surface area contributed by atoms with Gasteiger partial charge in [0.05, 0.1) is 12.8 Å². The normalized spacial score (nSPS) is 10.2. The van der Waals surface area contributed by atoms with E-state index in [0.717, 1.165) is 12.0 Å². The molecule has 0 saturated heterocycles. The van der Waals surface area contributed by atoms with Gasteiger partial charge >= 0.3 is 0 Å². The van der Waals surface area contributed by atoms with Gasteiger partial charge in [0.15, 0.2) is 0 Å². The van der Waals surface area contributed by atoms with Gasteiger partial charge in [0.1, 0.15) is 5.75 Å². The summed E-state index contributed by atoms with van der Waals surface area (Å²) in [5, 5.41) is 2.91. The van der Waals surface area contributed by atoms with Crippen LogP contribution < -0.4 is 10.1 Å². The van der Waals surface area contributed by atoms with Gasteiger partial charge in [-0.15, -0.1) is 0 Å². The number of ether oxygens (including phenoxy) is 1. The van der Waals surface area contributed by atoms with E-state index in [9.17, 15) is 4.79 Å². The number of hydrogen-bond donors (Lipinski definition) is 1. The minimum Gasteiger partial charge on any atom is -0.495 e. The summed E-state index contributed by atoms with van der Waals surface area (Å²) in [5.41, 5.74) is 3.50. The number of carbonyl (C=O) groups excluding carboxylic acids is 1. The summed E-state index contributed by atoms with van der Waals surface area (Å²) in [6.45, 7) is 4.01. The third-order valence-electron chi connectivity index (χ3n) is 3.31. The maximum absolute atomic E-state index is 12.3. The first-order valence-corrected chi connectivity index (χ1v) is 6.69. The first-order chi connectivity index (χ1) is 9.65. The van der Waals surface area contributed by atoms with Crippen molar-refractivity contribution in [3.8, 4) is 5.75 Å². The molecule has 0 aliphatic carbocycles. The van der Waals surface area contributed by atoms with E-state index in [1.54, 1.807) is 7.11 Å². The first-order valence-electron chi connectivity index (χ1n) is 6.69. The van der Waals surface area contributed by atoms with Crippen molar-refractivity contribution >= 4 is 11.6 Å². The monoisotopic (exact) mass is 269 g/mol. The molecule has 20 heavy (non-hydrogen) atoms. The molecule has 1 amide bonds. The number of nitrogens with one attached hydrogen (secondary N) is 1. The SMILES string of the molecule is CCc1ccc(NC(=O)c2ccccc2C)c(OC)c1. The van der Waals surface area contributed by atoms with Gasteiger partial charge in [-0.3, -0.25) is 4.79 Å². The highest BCUT2D eigenvalue weighted by Gasteiger charge is 2.11. The molecule has 3 heteroatoms. The van der Waals surface area contributed by atoms with Crippen molar-refractivity contribution in [1.29, 1.82) is 0 Å². The van der Waals surface area contributed by atoms with E-state index in [-0.39, 0.29) is 5.91 Å². The summed E-state index contributed by atoms with van der Waals surface area (Å²) >= 11 is 0. The fraction of sp³-hybridized carbons (Fsp3) is 0.235. The molecule has 2 rings (SSSR count). The molecule has 0 fully saturated rings. The van der Waals surface area contributed by atoms with Crippen LogP contribution >= 0.6 is 0 Å². The second-order valence-corrected chi connectivity index (χ2v) is 4.66. The Morgan fingerprint density at radius 2 is 1.95 bits per heavy atom. The Labute approximate surface area is 119 Å². The maximum atomic E-state index is 12.3. The molecule has 104 valence electrons. The van der Waals surface area contributed by atoms with Gasteiger partial charge in [-0.25, -0.2) is 0 Å². The number of methoxy groups -OCH3 is 1. The summed E-state index contributed by atoms with van der Waals surface area (Å²) in [6.07, 6.45) is 0.933. The number of benzene rings is 2. The molecular formula is C17H19NO2. The molecule has 3 nitrogen and oxygen atoms in total. The van der Waals surface area contributed by atoms with Crippen molar-refractivity contribution < 1.29 is 9.53 Å². The van der Waals surface area contributed by atoms with E-state index in [2.05, 4.69) is 12.2 Å². The second kappa shape index (κ2) is 6.24. The van der Waals surface area contributed by atoms with E-state index in [0.29, 0.717) is 17.0 Å². The molecule has 0 bridgehead atoms. The van der Waals surface area contributed by atoms with Crippen molar-refractivity contribution in [2.45, 2.75) is 20.3 Å². The van der Waals surface area contributed by atoms with E-state index in [1.165, 1.54) is 5.56 Å². The average molecular weight is 269 g/mol. The van der Waals surface area contributed by atoms with Crippen LogP contribution in [-0.2, 0) is 6.42 Å². The third kappa shape index (κ3) is 2.99. The fourth-order valence-corrected chi connectivity index (χ4v) is 2.08.